The number of hydrogen-bond donors (Lipinski definition) is 2. The van der Waals surface area contributed by atoms with Crippen molar-refractivity contribution in [2.75, 3.05) is 6.54 Å². The maximum atomic E-state index is 12.0. The molecule has 1 aromatic rings. The zero-order valence-corrected chi connectivity index (χ0v) is 11.2. The minimum absolute atomic E-state index is 0.189. The van der Waals surface area contributed by atoms with Crippen molar-refractivity contribution in [1.82, 2.24) is 10.3 Å². The second-order valence-electron chi connectivity index (χ2n) is 5.21. The van der Waals surface area contributed by atoms with Gasteiger partial charge in [0.2, 0.25) is 0 Å². The van der Waals surface area contributed by atoms with Crippen LogP contribution in [-0.4, -0.2) is 28.5 Å². The Morgan fingerprint density at radius 2 is 2.05 bits per heavy atom. The molecule has 0 aromatic carbocycles. The number of nitrogens with one attached hydrogen (secondary N) is 1. The fraction of sp³-hybridized carbons (Fsp3) is 0.500. The summed E-state index contributed by atoms with van der Waals surface area (Å²) in [6.45, 7) is 3.83. The van der Waals surface area contributed by atoms with Gasteiger partial charge in [0.1, 0.15) is 0 Å². The van der Waals surface area contributed by atoms with Crippen LogP contribution in [0.4, 0.5) is 0 Å². The molecule has 1 aliphatic rings. The summed E-state index contributed by atoms with van der Waals surface area (Å²) < 4.78 is 0. The summed E-state index contributed by atoms with van der Waals surface area (Å²) in [6, 6.07) is 3.50. The summed E-state index contributed by atoms with van der Waals surface area (Å²) in [5.41, 5.74) is 1.26. The van der Waals surface area contributed by atoms with Crippen LogP contribution in [0.25, 0.3) is 0 Å². The van der Waals surface area contributed by atoms with Crippen molar-refractivity contribution < 1.29 is 14.7 Å². The first-order valence-corrected chi connectivity index (χ1v) is 6.40. The lowest BCUT2D eigenvalue weighted by Crippen LogP contribution is -2.47. The van der Waals surface area contributed by atoms with Gasteiger partial charge in [-0.1, -0.05) is 6.42 Å². The van der Waals surface area contributed by atoms with Crippen molar-refractivity contribution in [2.24, 2.45) is 5.41 Å². The average molecular weight is 262 g/mol. The largest absolute Gasteiger partial charge is 0.481 e. The van der Waals surface area contributed by atoms with Crippen LogP contribution in [-0.2, 0) is 4.79 Å². The molecule has 1 heterocycles. The van der Waals surface area contributed by atoms with Crippen molar-refractivity contribution >= 4 is 11.9 Å². The number of carbonyl (C=O) groups excluding carboxylic acids is 1. The van der Waals surface area contributed by atoms with Crippen LogP contribution in [0, 0.1) is 19.3 Å². The minimum Gasteiger partial charge on any atom is -0.481 e. The monoisotopic (exact) mass is 262 g/mol. The number of carboxylic acids is 1. The third-order valence-corrected chi connectivity index (χ3v) is 3.82. The van der Waals surface area contributed by atoms with Crippen molar-refractivity contribution in [3.8, 4) is 0 Å². The number of aromatic nitrogens is 1. The number of aliphatic carboxylic acids is 1. The molecule has 1 aromatic heterocycles. The molecule has 5 nitrogen and oxygen atoms in total. The van der Waals surface area contributed by atoms with Gasteiger partial charge in [0.15, 0.2) is 0 Å². The van der Waals surface area contributed by atoms with Crippen LogP contribution in [0.2, 0.25) is 0 Å². The van der Waals surface area contributed by atoms with Crippen LogP contribution < -0.4 is 5.32 Å². The summed E-state index contributed by atoms with van der Waals surface area (Å²) in [5, 5.41) is 11.9. The van der Waals surface area contributed by atoms with E-state index in [9.17, 15) is 14.7 Å². The Morgan fingerprint density at radius 1 is 1.37 bits per heavy atom. The van der Waals surface area contributed by atoms with E-state index in [-0.39, 0.29) is 12.5 Å². The lowest BCUT2D eigenvalue weighted by atomic mass is 9.69. The molecule has 102 valence electrons. The lowest BCUT2D eigenvalue weighted by Gasteiger charge is -2.37. The fourth-order valence-corrected chi connectivity index (χ4v) is 2.34. The van der Waals surface area contributed by atoms with Crippen LogP contribution >= 0.6 is 0 Å². The van der Waals surface area contributed by atoms with Crippen LogP contribution in [0.15, 0.2) is 12.1 Å². The lowest BCUT2D eigenvalue weighted by molar-refractivity contribution is -0.153. The van der Waals surface area contributed by atoms with Crippen LogP contribution in [0.1, 0.15) is 41.0 Å². The van der Waals surface area contributed by atoms with Crippen molar-refractivity contribution in [3.05, 3.63) is 29.1 Å². The zero-order chi connectivity index (χ0) is 14.0. The van der Waals surface area contributed by atoms with E-state index in [2.05, 4.69) is 10.3 Å². The molecule has 0 aliphatic heterocycles. The van der Waals surface area contributed by atoms with Crippen LogP contribution in [0.5, 0.6) is 0 Å². The average Bonchev–Trinajstić information content (AvgIpc) is 2.26. The van der Waals surface area contributed by atoms with E-state index in [0.717, 1.165) is 12.1 Å². The molecule has 1 fully saturated rings. The van der Waals surface area contributed by atoms with Gasteiger partial charge < -0.3 is 10.4 Å². The van der Waals surface area contributed by atoms with Crippen molar-refractivity contribution in [3.63, 3.8) is 0 Å². The molecule has 1 aliphatic carbocycles. The number of rotatable bonds is 4. The predicted molar refractivity (Wildman–Crippen MR) is 70.0 cm³/mol. The van der Waals surface area contributed by atoms with E-state index < -0.39 is 11.4 Å². The van der Waals surface area contributed by atoms with E-state index in [0.29, 0.717) is 24.1 Å². The maximum Gasteiger partial charge on any atom is 0.311 e. The highest BCUT2D eigenvalue weighted by atomic mass is 16.4. The Morgan fingerprint density at radius 3 is 2.53 bits per heavy atom. The first kappa shape index (κ1) is 13.5. The van der Waals surface area contributed by atoms with E-state index >= 15 is 0 Å². The standard InChI is InChI=1S/C14H18N2O3/c1-9-4-5-11(10(2)16-9)12(17)15-8-14(13(18)19)6-3-7-14/h4-5H,3,6-8H2,1-2H3,(H,15,17)(H,18,19). The Hall–Kier alpha value is -1.91. The van der Waals surface area contributed by atoms with Gasteiger partial charge in [0.25, 0.3) is 5.91 Å². The van der Waals surface area contributed by atoms with E-state index in [1.165, 1.54) is 0 Å². The molecule has 1 amide bonds. The molecule has 0 atom stereocenters. The second kappa shape index (κ2) is 4.99. The topological polar surface area (TPSA) is 79.3 Å². The number of pyridine rings is 1. The van der Waals surface area contributed by atoms with E-state index in [1.54, 1.807) is 19.1 Å². The second-order valence-corrected chi connectivity index (χ2v) is 5.21. The molecule has 0 saturated heterocycles. The molecule has 2 N–H and O–H groups in total. The molecular formula is C14H18N2O3. The summed E-state index contributed by atoms with van der Waals surface area (Å²) in [4.78, 5) is 27.5. The molecule has 0 unspecified atom stereocenters. The number of nitrogens with zero attached hydrogens (tertiary/aromatic N) is 1. The SMILES string of the molecule is Cc1ccc(C(=O)NCC2(C(=O)O)CCC2)c(C)n1. The quantitative estimate of drug-likeness (QED) is 0.865. The molecule has 5 heteroatoms. The number of aryl methyl sites for hydroxylation is 2. The smallest absolute Gasteiger partial charge is 0.311 e. The third-order valence-electron chi connectivity index (χ3n) is 3.82. The summed E-state index contributed by atoms with van der Waals surface area (Å²) in [5.74, 6) is -1.07. The van der Waals surface area contributed by atoms with Crippen molar-refractivity contribution in [2.45, 2.75) is 33.1 Å². The van der Waals surface area contributed by atoms with Gasteiger partial charge in [-0.3, -0.25) is 14.6 Å². The Kier molecular flexibility index (Phi) is 3.55. The number of carboxylic acid groups (broad SMARTS) is 1. The number of carbonyl (C=O) groups is 2. The van der Waals surface area contributed by atoms with Gasteiger partial charge in [-0.2, -0.15) is 0 Å². The molecule has 0 spiro atoms. The van der Waals surface area contributed by atoms with Gasteiger partial charge >= 0.3 is 5.97 Å². The van der Waals surface area contributed by atoms with Gasteiger partial charge in [-0.15, -0.1) is 0 Å². The summed E-state index contributed by atoms with van der Waals surface area (Å²) >= 11 is 0. The first-order valence-electron chi connectivity index (χ1n) is 6.40. The predicted octanol–water partition coefficient (Wildman–Crippen LogP) is 1.68. The van der Waals surface area contributed by atoms with Gasteiger partial charge in [-0.05, 0) is 38.8 Å². The third kappa shape index (κ3) is 2.59. The molecule has 2 rings (SSSR count). The molecule has 0 bridgehead atoms. The van der Waals surface area contributed by atoms with Crippen LogP contribution in [0.3, 0.4) is 0 Å². The molecule has 19 heavy (non-hydrogen) atoms. The summed E-state index contributed by atoms with van der Waals surface area (Å²) in [6.07, 6.45) is 2.18. The van der Waals surface area contributed by atoms with Gasteiger partial charge in [0.05, 0.1) is 16.7 Å². The fourth-order valence-electron chi connectivity index (χ4n) is 2.34. The first-order chi connectivity index (χ1) is 8.94. The maximum absolute atomic E-state index is 12.0. The zero-order valence-electron chi connectivity index (χ0n) is 11.2. The molecule has 1 saturated carbocycles. The molecule has 0 radical (unpaired) electrons. The van der Waals surface area contributed by atoms with E-state index in [4.69, 9.17) is 0 Å². The highest BCUT2D eigenvalue weighted by molar-refractivity contribution is 5.95. The minimum atomic E-state index is -0.821. The Balaban J connectivity index is 2.03. The Bertz CT molecular complexity index is 521. The van der Waals surface area contributed by atoms with Crippen molar-refractivity contribution in [1.29, 1.82) is 0 Å². The summed E-state index contributed by atoms with van der Waals surface area (Å²) in [7, 11) is 0. The molecular weight excluding hydrogens is 244 g/mol. The highest BCUT2D eigenvalue weighted by Gasteiger charge is 2.44. The number of hydrogen-bond acceptors (Lipinski definition) is 3. The van der Waals surface area contributed by atoms with Gasteiger partial charge in [0, 0.05) is 12.2 Å². The highest BCUT2D eigenvalue weighted by Crippen LogP contribution is 2.40. The van der Waals surface area contributed by atoms with E-state index in [1.807, 2.05) is 6.92 Å². The number of amides is 1. The Labute approximate surface area is 112 Å². The normalized spacial score (nSPS) is 16.5. The van der Waals surface area contributed by atoms with Gasteiger partial charge in [-0.25, -0.2) is 0 Å².